The fourth-order valence-corrected chi connectivity index (χ4v) is 2.56. The molecule has 3 nitrogen and oxygen atoms in total. The van der Waals surface area contributed by atoms with E-state index in [0.717, 1.165) is 24.2 Å². The Morgan fingerprint density at radius 1 is 1.10 bits per heavy atom. The van der Waals surface area contributed by atoms with E-state index in [4.69, 9.17) is 15.2 Å². The van der Waals surface area contributed by atoms with Crippen LogP contribution in [0.5, 0.6) is 5.75 Å². The molecule has 1 aliphatic rings. The zero-order valence-electron chi connectivity index (χ0n) is 11.4. The molecule has 20 heavy (non-hydrogen) atoms. The molecule has 0 bridgehead atoms. The Hall–Kier alpha value is -1.84. The van der Waals surface area contributed by atoms with E-state index in [2.05, 4.69) is 12.1 Å². The van der Waals surface area contributed by atoms with Gasteiger partial charge in [0.15, 0.2) is 6.79 Å². The van der Waals surface area contributed by atoms with E-state index in [9.17, 15) is 0 Å². The third-order valence-electron chi connectivity index (χ3n) is 3.66. The second-order valence-electron chi connectivity index (χ2n) is 5.10. The summed E-state index contributed by atoms with van der Waals surface area (Å²) in [6.07, 6.45) is 2.07. The molecule has 0 saturated carbocycles. The van der Waals surface area contributed by atoms with Crippen LogP contribution in [0.4, 0.5) is 0 Å². The summed E-state index contributed by atoms with van der Waals surface area (Å²) >= 11 is 0. The molecule has 0 radical (unpaired) electrons. The molecule has 104 valence electrons. The summed E-state index contributed by atoms with van der Waals surface area (Å²) in [5.74, 6) is 0.853. The molecule has 0 aliphatic heterocycles. The van der Waals surface area contributed by atoms with Crippen LogP contribution in [0.25, 0.3) is 0 Å². The Labute approximate surface area is 119 Å². The van der Waals surface area contributed by atoms with Crippen LogP contribution in [0.3, 0.4) is 0 Å². The van der Waals surface area contributed by atoms with Gasteiger partial charge in [0.1, 0.15) is 5.75 Å². The maximum Gasteiger partial charge on any atom is 0.189 e. The molecule has 1 aliphatic carbocycles. The van der Waals surface area contributed by atoms with Crippen molar-refractivity contribution >= 4 is 0 Å². The zero-order chi connectivity index (χ0) is 13.8. The first-order valence-electron chi connectivity index (χ1n) is 6.96. The maximum absolute atomic E-state index is 6.02. The van der Waals surface area contributed by atoms with Gasteiger partial charge in [-0.15, -0.1) is 0 Å². The van der Waals surface area contributed by atoms with Gasteiger partial charge in [-0.1, -0.05) is 36.4 Å². The number of aryl methyl sites for hydroxylation is 1. The van der Waals surface area contributed by atoms with Crippen molar-refractivity contribution in [2.24, 2.45) is 5.73 Å². The summed E-state index contributed by atoms with van der Waals surface area (Å²) < 4.78 is 11.1. The van der Waals surface area contributed by atoms with Crippen LogP contribution in [0.15, 0.2) is 48.5 Å². The molecule has 2 aromatic carbocycles. The highest BCUT2D eigenvalue weighted by Gasteiger charge is 2.18. The minimum atomic E-state index is 0.188. The van der Waals surface area contributed by atoms with Crippen molar-refractivity contribution in [2.45, 2.75) is 25.5 Å². The summed E-state index contributed by atoms with van der Waals surface area (Å²) in [5, 5.41) is 0. The van der Waals surface area contributed by atoms with E-state index in [1.807, 2.05) is 36.4 Å². The van der Waals surface area contributed by atoms with Crippen molar-refractivity contribution in [2.75, 3.05) is 6.79 Å². The van der Waals surface area contributed by atoms with Gasteiger partial charge in [0.25, 0.3) is 0 Å². The van der Waals surface area contributed by atoms with E-state index in [1.54, 1.807) is 0 Å². The molecule has 0 spiro atoms. The van der Waals surface area contributed by atoms with Crippen LogP contribution >= 0.6 is 0 Å². The summed E-state index contributed by atoms with van der Waals surface area (Å²) in [6.45, 7) is 0.830. The SMILES string of the molecule is N[C@@H]1CCc2cc(OCOCc3ccccc3)ccc21. The molecular formula is C17H19NO2. The fourth-order valence-electron chi connectivity index (χ4n) is 2.56. The van der Waals surface area contributed by atoms with Crippen LogP contribution in [-0.2, 0) is 17.8 Å². The van der Waals surface area contributed by atoms with Crippen molar-refractivity contribution in [3.63, 3.8) is 0 Å². The molecule has 3 heteroatoms. The number of nitrogens with two attached hydrogens (primary N) is 1. The molecule has 3 rings (SSSR count). The lowest BCUT2D eigenvalue weighted by molar-refractivity contribution is 0.00501. The molecule has 0 fully saturated rings. The van der Waals surface area contributed by atoms with E-state index in [-0.39, 0.29) is 12.8 Å². The average molecular weight is 269 g/mol. The second kappa shape index (κ2) is 6.07. The quantitative estimate of drug-likeness (QED) is 0.669. The number of fused-ring (bicyclic) bond motifs is 1. The van der Waals surface area contributed by atoms with Crippen LogP contribution < -0.4 is 10.5 Å². The highest BCUT2D eigenvalue weighted by atomic mass is 16.7. The number of benzene rings is 2. The van der Waals surface area contributed by atoms with Crippen molar-refractivity contribution < 1.29 is 9.47 Å². The predicted molar refractivity (Wildman–Crippen MR) is 78.4 cm³/mol. The molecule has 0 unspecified atom stereocenters. The standard InChI is InChI=1S/C17H19NO2/c18-17-9-6-14-10-15(7-8-16(14)17)20-12-19-11-13-4-2-1-3-5-13/h1-5,7-8,10,17H,6,9,11-12,18H2/t17-/m1/s1. The number of hydrogen-bond acceptors (Lipinski definition) is 3. The monoisotopic (exact) mass is 269 g/mol. The van der Waals surface area contributed by atoms with Gasteiger partial charge in [0.05, 0.1) is 6.61 Å². The minimum absolute atomic E-state index is 0.188. The molecule has 2 N–H and O–H groups in total. The van der Waals surface area contributed by atoms with Crippen molar-refractivity contribution in [3.05, 3.63) is 65.2 Å². The topological polar surface area (TPSA) is 44.5 Å². The van der Waals surface area contributed by atoms with E-state index < -0.39 is 0 Å². The van der Waals surface area contributed by atoms with Crippen molar-refractivity contribution in [1.82, 2.24) is 0 Å². The first-order chi connectivity index (χ1) is 9.83. The molecule has 0 aromatic heterocycles. The molecule has 2 aromatic rings. The van der Waals surface area contributed by atoms with Gasteiger partial charge < -0.3 is 15.2 Å². The minimum Gasteiger partial charge on any atom is -0.468 e. The highest BCUT2D eigenvalue weighted by Crippen LogP contribution is 2.31. The van der Waals surface area contributed by atoms with Crippen LogP contribution in [0.1, 0.15) is 29.2 Å². The van der Waals surface area contributed by atoms with Crippen LogP contribution in [-0.4, -0.2) is 6.79 Å². The molecule has 1 atom stereocenters. The van der Waals surface area contributed by atoms with Gasteiger partial charge in [0.2, 0.25) is 0 Å². The van der Waals surface area contributed by atoms with E-state index in [1.165, 1.54) is 11.1 Å². The van der Waals surface area contributed by atoms with Gasteiger partial charge >= 0.3 is 0 Å². The summed E-state index contributed by atoms with van der Waals surface area (Å²) in [4.78, 5) is 0. The lowest BCUT2D eigenvalue weighted by Crippen LogP contribution is -2.05. The highest BCUT2D eigenvalue weighted by molar-refractivity contribution is 5.40. The Morgan fingerprint density at radius 2 is 1.95 bits per heavy atom. The second-order valence-corrected chi connectivity index (χ2v) is 5.10. The van der Waals surface area contributed by atoms with Crippen LogP contribution in [0, 0.1) is 0 Å². The van der Waals surface area contributed by atoms with Gasteiger partial charge in [-0.2, -0.15) is 0 Å². The Morgan fingerprint density at radius 3 is 2.80 bits per heavy atom. The molecule has 0 heterocycles. The fraction of sp³-hybridized carbons (Fsp3) is 0.294. The van der Waals surface area contributed by atoms with E-state index >= 15 is 0 Å². The zero-order valence-corrected chi connectivity index (χ0v) is 11.4. The normalized spacial score (nSPS) is 16.9. The first-order valence-corrected chi connectivity index (χ1v) is 6.96. The van der Waals surface area contributed by atoms with Gasteiger partial charge in [-0.3, -0.25) is 0 Å². The lowest BCUT2D eigenvalue weighted by Gasteiger charge is -2.10. The Balaban J connectivity index is 1.50. The summed E-state index contributed by atoms with van der Waals surface area (Å²) in [7, 11) is 0. The largest absolute Gasteiger partial charge is 0.468 e. The predicted octanol–water partition coefficient (Wildman–Crippen LogP) is 3.19. The molecule has 0 amide bonds. The Kier molecular flexibility index (Phi) is 4.00. The Bertz CT molecular complexity index is 568. The van der Waals surface area contributed by atoms with E-state index in [0.29, 0.717) is 6.61 Å². The smallest absolute Gasteiger partial charge is 0.189 e. The van der Waals surface area contributed by atoms with Gasteiger partial charge in [-0.05, 0) is 41.7 Å². The average Bonchev–Trinajstić information content (AvgIpc) is 2.86. The number of hydrogen-bond donors (Lipinski definition) is 1. The summed E-state index contributed by atoms with van der Waals surface area (Å²) in [6, 6.07) is 16.4. The van der Waals surface area contributed by atoms with Gasteiger partial charge in [-0.25, -0.2) is 0 Å². The van der Waals surface area contributed by atoms with Crippen LogP contribution in [0.2, 0.25) is 0 Å². The third-order valence-corrected chi connectivity index (χ3v) is 3.66. The third kappa shape index (κ3) is 3.00. The molecular weight excluding hydrogens is 250 g/mol. The number of ether oxygens (including phenoxy) is 2. The van der Waals surface area contributed by atoms with Crippen molar-refractivity contribution in [3.8, 4) is 5.75 Å². The van der Waals surface area contributed by atoms with Crippen molar-refractivity contribution in [1.29, 1.82) is 0 Å². The molecule has 0 saturated heterocycles. The maximum atomic E-state index is 6.02. The number of rotatable bonds is 5. The lowest BCUT2D eigenvalue weighted by atomic mass is 10.1. The van der Waals surface area contributed by atoms with Gasteiger partial charge in [0, 0.05) is 6.04 Å². The first kappa shape index (κ1) is 13.2. The summed E-state index contributed by atoms with van der Waals surface area (Å²) in [5.41, 5.74) is 9.72.